The van der Waals surface area contributed by atoms with E-state index in [-0.39, 0.29) is 5.91 Å². The Morgan fingerprint density at radius 1 is 1.22 bits per heavy atom. The molecular weight excluding hydrogens is 404 g/mol. The van der Waals surface area contributed by atoms with Gasteiger partial charge in [0.2, 0.25) is 11.9 Å². The zero-order valence-electron chi connectivity index (χ0n) is 18.7. The van der Waals surface area contributed by atoms with Crippen molar-refractivity contribution >= 4 is 34.7 Å². The van der Waals surface area contributed by atoms with E-state index in [0.29, 0.717) is 11.4 Å². The van der Waals surface area contributed by atoms with Crippen molar-refractivity contribution in [3.63, 3.8) is 0 Å². The number of hydrogen-bond donors (Lipinski definition) is 2. The second-order valence-corrected chi connectivity index (χ2v) is 9.90. The van der Waals surface area contributed by atoms with Crippen LogP contribution in [0.2, 0.25) is 0 Å². The number of amides is 1. The second kappa shape index (κ2) is 6.65. The van der Waals surface area contributed by atoms with Crippen molar-refractivity contribution in [2.24, 2.45) is 5.41 Å². The van der Waals surface area contributed by atoms with Gasteiger partial charge in [-0.1, -0.05) is 6.07 Å². The fraction of sp³-hybridized carbons (Fsp3) is 0.478. The van der Waals surface area contributed by atoms with Gasteiger partial charge in [0.15, 0.2) is 11.5 Å². The Labute approximate surface area is 186 Å². The molecule has 1 aromatic carbocycles. The molecule has 5 heterocycles. The summed E-state index contributed by atoms with van der Waals surface area (Å²) in [5.74, 6) is 1.51. The molecule has 9 heteroatoms. The van der Waals surface area contributed by atoms with E-state index >= 15 is 0 Å². The van der Waals surface area contributed by atoms with Crippen LogP contribution < -0.4 is 20.4 Å². The van der Waals surface area contributed by atoms with Gasteiger partial charge in [-0.15, -0.1) is 5.10 Å². The van der Waals surface area contributed by atoms with E-state index in [4.69, 9.17) is 10.1 Å². The second-order valence-electron chi connectivity index (χ2n) is 9.90. The first-order valence-electron chi connectivity index (χ1n) is 11.2. The average molecular weight is 433 g/mol. The maximum Gasteiger partial charge on any atom is 0.250 e. The lowest BCUT2D eigenvalue weighted by Crippen LogP contribution is -2.29. The summed E-state index contributed by atoms with van der Waals surface area (Å²) in [6.07, 6.45) is 6.04. The largest absolute Gasteiger partial charge is 0.353 e. The Balaban J connectivity index is 1.32. The Kier molecular flexibility index (Phi) is 4.05. The third kappa shape index (κ3) is 2.80. The van der Waals surface area contributed by atoms with E-state index in [1.807, 2.05) is 54.7 Å². The van der Waals surface area contributed by atoms with Crippen LogP contribution in [0, 0.1) is 5.41 Å². The van der Waals surface area contributed by atoms with Crippen LogP contribution in [-0.4, -0.2) is 58.7 Å². The average Bonchev–Trinajstić information content (AvgIpc) is 3.55. The summed E-state index contributed by atoms with van der Waals surface area (Å²) in [5.41, 5.74) is 3.39. The van der Waals surface area contributed by atoms with Crippen molar-refractivity contribution in [3.8, 4) is 0 Å². The normalized spacial score (nSPS) is 23.8. The van der Waals surface area contributed by atoms with Gasteiger partial charge in [-0.2, -0.15) is 4.98 Å². The Morgan fingerprint density at radius 3 is 2.91 bits per heavy atom. The molecule has 0 saturated carbocycles. The van der Waals surface area contributed by atoms with Crippen LogP contribution in [0.15, 0.2) is 30.6 Å². The minimum atomic E-state index is -0.518. The SMILES string of the molecule is CN(c1ccc2c(c1)NC(=O)C2(C)C)c1nc2c(N3CCC4(CCNC4)C3)nccn2n1. The summed E-state index contributed by atoms with van der Waals surface area (Å²) < 4.78 is 1.81. The minimum absolute atomic E-state index is 0.0229. The lowest BCUT2D eigenvalue weighted by Gasteiger charge is -2.23. The number of carbonyl (C=O) groups excluding carboxylic acids is 1. The highest BCUT2D eigenvalue weighted by molar-refractivity contribution is 6.06. The molecule has 2 aromatic heterocycles. The molecule has 2 fully saturated rings. The summed E-state index contributed by atoms with van der Waals surface area (Å²) in [7, 11) is 1.95. The number of fused-ring (bicyclic) bond motifs is 2. The molecule has 2 N–H and O–H groups in total. The molecule has 3 aliphatic heterocycles. The van der Waals surface area contributed by atoms with Crippen molar-refractivity contribution in [1.82, 2.24) is 24.9 Å². The molecule has 0 radical (unpaired) electrons. The lowest BCUT2D eigenvalue weighted by molar-refractivity contribution is -0.119. The van der Waals surface area contributed by atoms with Crippen molar-refractivity contribution in [3.05, 3.63) is 36.2 Å². The van der Waals surface area contributed by atoms with Crippen LogP contribution in [0.1, 0.15) is 32.3 Å². The van der Waals surface area contributed by atoms with E-state index in [2.05, 4.69) is 20.5 Å². The lowest BCUT2D eigenvalue weighted by atomic mass is 9.86. The maximum absolute atomic E-state index is 12.3. The molecule has 6 rings (SSSR count). The van der Waals surface area contributed by atoms with Crippen LogP contribution >= 0.6 is 0 Å². The molecule has 9 nitrogen and oxygen atoms in total. The van der Waals surface area contributed by atoms with Gasteiger partial charge in [0.05, 0.1) is 5.41 Å². The van der Waals surface area contributed by atoms with Crippen LogP contribution in [-0.2, 0) is 10.2 Å². The van der Waals surface area contributed by atoms with E-state index in [9.17, 15) is 4.79 Å². The molecule has 1 amide bonds. The first-order chi connectivity index (χ1) is 15.4. The summed E-state index contributed by atoms with van der Waals surface area (Å²) >= 11 is 0. The first-order valence-corrected chi connectivity index (χ1v) is 11.2. The molecular formula is C23H28N8O. The molecule has 0 bridgehead atoms. The molecule has 2 saturated heterocycles. The number of carbonyl (C=O) groups is 1. The first kappa shape index (κ1) is 19.5. The summed E-state index contributed by atoms with van der Waals surface area (Å²) in [6.45, 7) is 8.07. The fourth-order valence-electron chi connectivity index (χ4n) is 5.32. The van der Waals surface area contributed by atoms with Gasteiger partial charge in [-0.05, 0) is 50.9 Å². The van der Waals surface area contributed by atoms with E-state index < -0.39 is 5.41 Å². The molecule has 1 unspecified atom stereocenters. The van der Waals surface area contributed by atoms with Gasteiger partial charge in [0, 0.05) is 55.9 Å². The summed E-state index contributed by atoms with van der Waals surface area (Å²) in [6, 6.07) is 6.02. The Morgan fingerprint density at radius 2 is 2.09 bits per heavy atom. The van der Waals surface area contributed by atoms with Crippen LogP contribution in [0.5, 0.6) is 0 Å². The number of hydrogen-bond acceptors (Lipinski definition) is 7. The highest BCUT2D eigenvalue weighted by Gasteiger charge is 2.41. The van der Waals surface area contributed by atoms with Crippen molar-refractivity contribution in [2.75, 3.05) is 48.3 Å². The molecule has 1 spiro atoms. The number of aromatic nitrogens is 4. The van der Waals surface area contributed by atoms with Crippen molar-refractivity contribution < 1.29 is 4.79 Å². The third-order valence-electron chi connectivity index (χ3n) is 7.47. The molecule has 3 aliphatic rings. The van der Waals surface area contributed by atoms with Crippen molar-refractivity contribution in [1.29, 1.82) is 0 Å². The fourth-order valence-corrected chi connectivity index (χ4v) is 5.32. The van der Waals surface area contributed by atoms with E-state index in [1.165, 1.54) is 12.8 Å². The van der Waals surface area contributed by atoms with Crippen molar-refractivity contribution in [2.45, 2.75) is 32.1 Å². The van der Waals surface area contributed by atoms with Gasteiger partial charge < -0.3 is 20.4 Å². The maximum atomic E-state index is 12.3. The standard InChI is InChI=1S/C23H28N8O/c1-22(2)16-5-4-15(12-17(16)26-20(22)32)29(3)21-27-19-18(25-9-11-31(19)28-21)30-10-7-23(14-30)6-8-24-13-23/h4-5,9,11-12,24H,6-8,10,13-14H2,1-3H3,(H,26,32). The van der Waals surface area contributed by atoms with Crippen LogP contribution in [0.3, 0.4) is 0 Å². The number of nitrogens with one attached hydrogen (secondary N) is 2. The number of nitrogens with zero attached hydrogens (tertiary/aromatic N) is 6. The Bertz CT molecular complexity index is 1230. The smallest absolute Gasteiger partial charge is 0.250 e. The molecule has 3 aromatic rings. The van der Waals surface area contributed by atoms with Gasteiger partial charge in [0.1, 0.15) is 0 Å². The minimum Gasteiger partial charge on any atom is -0.353 e. The van der Waals surface area contributed by atoms with Gasteiger partial charge in [0.25, 0.3) is 0 Å². The monoisotopic (exact) mass is 432 g/mol. The highest BCUT2D eigenvalue weighted by Crippen LogP contribution is 2.41. The highest BCUT2D eigenvalue weighted by atomic mass is 16.2. The third-order valence-corrected chi connectivity index (χ3v) is 7.47. The predicted octanol–water partition coefficient (Wildman–Crippen LogP) is 2.31. The Hall–Kier alpha value is -3.20. The molecule has 0 aliphatic carbocycles. The molecule has 1 atom stereocenters. The molecule has 166 valence electrons. The van der Waals surface area contributed by atoms with E-state index in [0.717, 1.165) is 54.6 Å². The van der Waals surface area contributed by atoms with Gasteiger partial charge in [-0.25, -0.2) is 9.50 Å². The summed E-state index contributed by atoms with van der Waals surface area (Å²) in [5, 5.41) is 11.2. The van der Waals surface area contributed by atoms with Gasteiger partial charge in [-0.3, -0.25) is 4.79 Å². The molecule has 32 heavy (non-hydrogen) atoms. The topological polar surface area (TPSA) is 90.7 Å². The summed E-state index contributed by atoms with van der Waals surface area (Å²) in [4.78, 5) is 26.1. The van der Waals surface area contributed by atoms with Gasteiger partial charge >= 0.3 is 0 Å². The van der Waals surface area contributed by atoms with Crippen LogP contribution in [0.4, 0.5) is 23.1 Å². The number of benzene rings is 1. The van der Waals surface area contributed by atoms with Crippen LogP contribution in [0.25, 0.3) is 5.65 Å². The van der Waals surface area contributed by atoms with E-state index in [1.54, 1.807) is 6.20 Å². The zero-order valence-corrected chi connectivity index (χ0v) is 18.7. The number of anilines is 4. The predicted molar refractivity (Wildman–Crippen MR) is 124 cm³/mol. The number of rotatable bonds is 3. The zero-order chi connectivity index (χ0) is 22.1. The quantitative estimate of drug-likeness (QED) is 0.656.